The number of fused-ring (bicyclic) bond motifs is 1. The number of nitrogens with zero attached hydrogens (tertiary/aromatic N) is 3. The van der Waals surface area contributed by atoms with Gasteiger partial charge in [-0.2, -0.15) is 9.78 Å². The monoisotopic (exact) mass is 406 g/mol. The predicted molar refractivity (Wildman–Crippen MR) is 116 cm³/mol. The normalized spacial score (nSPS) is 11.0. The molecule has 1 amide bonds. The fraction of sp³-hybridized carbons (Fsp3) is 0.227. The minimum absolute atomic E-state index is 0.0825. The number of carbonyl (C=O) groups is 1. The van der Waals surface area contributed by atoms with E-state index in [9.17, 15) is 4.79 Å². The van der Waals surface area contributed by atoms with Crippen molar-refractivity contribution >= 4 is 33.3 Å². The highest BCUT2D eigenvalue weighted by atomic mass is 32.1. The van der Waals surface area contributed by atoms with Crippen molar-refractivity contribution in [2.24, 2.45) is 0 Å². The van der Waals surface area contributed by atoms with Crippen LogP contribution in [0.15, 0.2) is 42.5 Å². The average Bonchev–Trinajstić information content (AvgIpc) is 3.26. The molecule has 0 saturated carbocycles. The molecule has 6 nitrogen and oxygen atoms in total. The first-order valence-electron chi connectivity index (χ1n) is 9.30. The summed E-state index contributed by atoms with van der Waals surface area (Å²) in [5.74, 6) is 1.32. The molecule has 0 aliphatic carbocycles. The van der Waals surface area contributed by atoms with Crippen molar-refractivity contribution in [3.05, 3.63) is 64.8 Å². The number of methoxy groups -OCH3 is 1. The van der Waals surface area contributed by atoms with Gasteiger partial charge in [0.05, 0.1) is 29.4 Å². The smallest absolute Gasteiger partial charge is 0.229 e. The summed E-state index contributed by atoms with van der Waals surface area (Å²) in [5.41, 5.74) is 5.00. The van der Waals surface area contributed by atoms with Crippen molar-refractivity contribution in [3.8, 4) is 10.9 Å². The van der Waals surface area contributed by atoms with E-state index in [1.165, 1.54) is 16.9 Å². The van der Waals surface area contributed by atoms with Crippen molar-refractivity contribution < 1.29 is 9.53 Å². The van der Waals surface area contributed by atoms with Gasteiger partial charge in [0.25, 0.3) is 0 Å². The molecule has 0 aliphatic rings. The van der Waals surface area contributed by atoms with Crippen molar-refractivity contribution in [2.75, 3.05) is 12.4 Å². The fourth-order valence-corrected chi connectivity index (χ4v) is 4.21. The van der Waals surface area contributed by atoms with Crippen LogP contribution in [0, 0.1) is 20.8 Å². The predicted octanol–water partition coefficient (Wildman–Crippen LogP) is 4.60. The van der Waals surface area contributed by atoms with Crippen LogP contribution in [0.3, 0.4) is 0 Å². The van der Waals surface area contributed by atoms with E-state index in [2.05, 4.69) is 21.5 Å². The number of hydrogen-bond donors (Lipinski definition) is 1. The Morgan fingerprint density at radius 3 is 2.72 bits per heavy atom. The van der Waals surface area contributed by atoms with E-state index < -0.39 is 0 Å². The highest BCUT2D eigenvalue weighted by Crippen LogP contribution is 2.30. The SMILES string of the molecule is COc1ccc2nc(-n3nc(C)cc3NC(=O)Cc3ccc(C)cc3C)sc2c1. The summed E-state index contributed by atoms with van der Waals surface area (Å²) in [6.45, 7) is 5.97. The van der Waals surface area contributed by atoms with E-state index in [0.29, 0.717) is 17.4 Å². The van der Waals surface area contributed by atoms with Crippen LogP contribution in [0.2, 0.25) is 0 Å². The maximum atomic E-state index is 12.7. The van der Waals surface area contributed by atoms with Gasteiger partial charge in [-0.1, -0.05) is 35.1 Å². The number of thiazole rings is 1. The van der Waals surface area contributed by atoms with E-state index in [4.69, 9.17) is 4.74 Å². The number of amides is 1. The first kappa shape index (κ1) is 19.1. The number of rotatable bonds is 5. The molecule has 0 bridgehead atoms. The van der Waals surface area contributed by atoms with E-state index in [0.717, 1.165) is 32.8 Å². The zero-order valence-electron chi connectivity index (χ0n) is 16.8. The molecule has 148 valence electrons. The number of nitrogens with one attached hydrogen (secondary N) is 1. The molecule has 0 unspecified atom stereocenters. The summed E-state index contributed by atoms with van der Waals surface area (Å²) < 4.78 is 7.98. The van der Waals surface area contributed by atoms with Crippen molar-refractivity contribution in [2.45, 2.75) is 27.2 Å². The van der Waals surface area contributed by atoms with Gasteiger partial charge in [-0.3, -0.25) is 4.79 Å². The maximum Gasteiger partial charge on any atom is 0.229 e. The quantitative estimate of drug-likeness (QED) is 0.526. The number of hydrogen-bond acceptors (Lipinski definition) is 5. The number of carbonyl (C=O) groups excluding carboxylic acids is 1. The highest BCUT2D eigenvalue weighted by molar-refractivity contribution is 7.20. The second-order valence-electron chi connectivity index (χ2n) is 7.07. The molecule has 0 fully saturated rings. The molecule has 2 aromatic carbocycles. The molecule has 2 heterocycles. The Labute approximate surface area is 173 Å². The first-order valence-corrected chi connectivity index (χ1v) is 10.1. The summed E-state index contributed by atoms with van der Waals surface area (Å²) >= 11 is 1.50. The van der Waals surface area contributed by atoms with Crippen molar-refractivity contribution in [1.29, 1.82) is 0 Å². The Morgan fingerprint density at radius 2 is 1.97 bits per heavy atom. The topological polar surface area (TPSA) is 69.0 Å². The van der Waals surface area contributed by atoms with Crippen LogP contribution in [0.1, 0.15) is 22.4 Å². The summed E-state index contributed by atoms with van der Waals surface area (Å²) in [6.07, 6.45) is 0.313. The van der Waals surface area contributed by atoms with Crippen LogP contribution in [-0.4, -0.2) is 27.8 Å². The van der Waals surface area contributed by atoms with Gasteiger partial charge in [0.2, 0.25) is 11.0 Å². The van der Waals surface area contributed by atoms with Crippen molar-refractivity contribution in [3.63, 3.8) is 0 Å². The summed E-state index contributed by atoms with van der Waals surface area (Å²) in [7, 11) is 1.64. The largest absolute Gasteiger partial charge is 0.497 e. The lowest BCUT2D eigenvalue weighted by atomic mass is 10.0. The lowest BCUT2D eigenvalue weighted by molar-refractivity contribution is -0.115. The molecule has 1 N–H and O–H groups in total. The summed E-state index contributed by atoms with van der Waals surface area (Å²) in [4.78, 5) is 17.3. The lowest BCUT2D eigenvalue weighted by Crippen LogP contribution is -2.17. The Bertz CT molecular complexity index is 1210. The molecule has 29 heavy (non-hydrogen) atoms. The van der Waals surface area contributed by atoms with Gasteiger partial charge < -0.3 is 10.1 Å². The van der Waals surface area contributed by atoms with Gasteiger partial charge in [0.15, 0.2) is 0 Å². The summed E-state index contributed by atoms with van der Waals surface area (Å²) in [6, 6.07) is 13.7. The van der Waals surface area contributed by atoms with Gasteiger partial charge in [-0.25, -0.2) is 4.98 Å². The highest BCUT2D eigenvalue weighted by Gasteiger charge is 2.15. The molecule has 2 aromatic heterocycles. The van der Waals surface area contributed by atoms with E-state index in [1.54, 1.807) is 11.8 Å². The van der Waals surface area contributed by atoms with Crippen LogP contribution in [-0.2, 0) is 11.2 Å². The van der Waals surface area contributed by atoms with Crippen LogP contribution >= 0.6 is 11.3 Å². The summed E-state index contributed by atoms with van der Waals surface area (Å²) in [5, 5.41) is 8.21. The third-order valence-corrected chi connectivity index (χ3v) is 5.71. The number of benzene rings is 2. The van der Waals surface area contributed by atoms with Gasteiger partial charge in [-0.05, 0) is 50.1 Å². The second kappa shape index (κ2) is 7.67. The first-order chi connectivity index (χ1) is 13.9. The Hall–Kier alpha value is -3.19. The zero-order valence-corrected chi connectivity index (χ0v) is 17.6. The van der Waals surface area contributed by atoms with Crippen LogP contribution < -0.4 is 10.1 Å². The Balaban J connectivity index is 1.60. The molecule has 0 saturated heterocycles. The number of anilines is 1. The van der Waals surface area contributed by atoms with E-state index in [1.807, 2.05) is 57.2 Å². The molecule has 7 heteroatoms. The van der Waals surface area contributed by atoms with Crippen LogP contribution in [0.25, 0.3) is 15.3 Å². The minimum atomic E-state index is -0.0825. The van der Waals surface area contributed by atoms with Crippen molar-refractivity contribution in [1.82, 2.24) is 14.8 Å². The Kier molecular flexibility index (Phi) is 5.07. The standard InChI is InChI=1S/C22H22N4O2S/c1-13-5-6-16(14(2)9-13)11-21(27)24-20-10-15(3)25-26(20)22-23-18-8-7-17(28-4)12-19(18)29-22/h5-10,12H,11H2,1-4H3,(H,24,27). The molecular weight excluding hydrogens is 384 g/mol. The molecular formula is C22H22N4O2S. The zero-order chi connectivity index (χ0) is 20.5. The fourth-order valence-electron chi connectivity index (χ4n) is 3.25. The molecule has 0 aliphatic heterocycles. The number of aryl methyl sites for hydroxylation is 3. The van der Waals surface area contributed by atoms with Crippen LogP contribution in [0.5, 0.6) is 5.75 Å². The number of aromatic nitrogens is 3. The lowest BCUT2D eigenvalue weighted by Gasteiger charge is -2.09. The van der Waals surface area contributed by atoms with Gasteiger partial charge >= 0.3 is 0 Å². The third kappa shape index (κ3) is 4.00. The molecule has 0 atom stereocenters. The minimum Gasteiger partial charge on any atom is -0.497 e. The van der Waals surface area contributed by atoms with E-state index >= 15 is 0 Å². The molecule has 0 spiro atoms. The second-order valence-corrected chi connectivity index (χ2v) is 8.08. The average molecular weight is 407 g/mol. The maximum absolute atomic E-state index is 12.7. The molecule has 4 aromatic rings. The third-order valence-electron chi connectivity index (χ3n) is 4.71. The molecule has 0 radical (unpaired) electrons. The van der Waals surface area contributed by atoms with Gasteiger partial charge in [0, 0.05) is 6.07 Å². The van der Waals surface area contributed by atoms with Crippen LogP contribution in [0.4, 0.5) is 5.82 Å². The van der Waals surface area contributed by atoms with E-state index in [-0.39, 0.29) is 5.91 Å². The van der Waals surface area contributed by atoms with Gasteiger partial charge in [0.1, 0.15) is 11.6 Å². The van der Waals surface area contributed by atoms with Gasteiger partial charge in [-0.15, -0.1) is 0 Å². The molecule has 4 rings (SSSR count). The Morgan fingerprint density at radius 1 is 1.14 bits per heavy atom. The number of ether oxygens (including phenoxy) is 1.